The van der Waals surface area contributed by atoms with Crippen molar-refractivity contribution in [2.75, 3.05) is 0 Å². The van der Waals surface area contributed by atoms with Gasteiger partial charge in [-0.1, -0.05) is 5.16 Å². The summed E-state index contributed by atoms with van der Waals surface area (Å²) in [4.78, 5) is 44.1. The minimum Gasteiger partial charge on any atom is -0.444 e. The Morgan fingerprint density at radius 2 is 1.25 bits per heavy atom. The third kappa shape index (κ3) is 4.47. The SMILES string of the molecule is CC(C)(C)OC(=O)N1C2(C)CCC1(CC13CCC(C)(C/C(=N\O)C1)N3C(=O)OC(C)(C)C)CC(=O)C2. The van der Waals surface area contributed by atoms with Gasteiger partial charge in [-0.3, -0.25) is 14.6 Å². The maximum Gasteiger partial charge on any atom is 0.411 e. The smallest absolute Gasteiger partial charge is 0.411 e. The number of oxime groups is 1. The number of carbonyl (C=O) groups is 3. The number of amides is 2. The van der Waals surface area contributed by atoms with E-state index in [1.165, 1.54) is 0 Å². The van der Waals surface area contributed by atoms with Crippen LogP contribution >= 0.6 is 0 Å². The largest absolute Gasteiger partial charge is 0.444 e. The lowest BCUT2D eigenvalue weighted by atomic mass is 9.71. The van der Waals surface area contributed by atoms with Gasteiger partial charge in [-0.15, -0.1) is 0 Å². The standard InChI is InChI=1S/C27H43N3O6/c1-22(2,3)35-20(32)29-24(7)9-11-26(29,14-18(13-24)28-34)17-27-12-10-25(8,15-19(31)16-27)30(27)21(33)36-23(4,5)6/h34H,9-17H2,1-8H3/b28-18+. The lowest BCUT2D eigenvalue weighted by Gasteiger charge is -2.55. The first-order chi connectivity index (χ1) is 16.4. The molecule has 0 aromatic carbocycles. The van der Waals surface area contributed by atoms with Gasteiger partial charge in [-0.2, -0.15) is 0 Å². The second-order valence-electron chi connectivity index (χ2n) is 14.2. The highest BCUT2D eigenvalue weighted by atomic mass is 16.6. The zero-order valence-electron chi connectivity index (χ0n) is 23.2. The molecule has 4 rings (SSSR count). The van der Waals surface area contributed by atoms with Gasteiger partial charge >= 0.3 is 12.2 Å². The fourth-order valence-electron chi connectivity index (χ4n) is 7.59. The number of ketones is 1. The van der Waals surface area contributed by atoms with Gasteiger partial charge < -0.3 is 14.7 Å². The Labute approximate surface area is 214 Å². The molecule has 2 amide bonds. The van der Waals surface area contributed by atoms with E-state index in [0.29, 0.717) is 50.7 Å². The highest BCUT2D eigenvalue weighted by Gasteiger charge is 2.67. The van der Waals surface area contributed by atoms with Crippen molar-refractivity contribution in [2.45, 2.75) is 147 Å². The molecule has 9 nitrogen and oxygen atoms in total. The Morgan fingerprint density at radius 3 is 1.69 bits per heavy atom. The number of ether oxygens (including phenoxy) is 2. The van der Waals surface area contributed by atoms with E-state index in [4.69, 9.17) is 9.47 Å². The maximum absolute atomic E-state index is 13.7. The molecule has 4 bridgehead atoms. The molecule has 4 heterocycles. The molecule has 36 heavy (non-hydrogen) atoms. The molecule has 4 saturated heterocycles. The summed E-state index contributed by atoms with van der Waals surface area (Å²) >= 11 is 0. The molecule has 4 fully saturated rings. The summed E-state index contributed by atoms with van der Waals surface area (Å²) in [6, 6.07) is 0. The molecule has 0 saturated carbocycles. The van der Waals surface area contributed by atoms with Crippen LogP contribution in [0.15, 0.2) is 5.16 Å². The highest BCUT2D eigenvalue weighted by Crippen LogP contribution is 2.59. The highest BCUT2D eigenvalue weighted by molar-refractivity contribution is 5.90. The van der Waals surface area contributed by atoms with Crippen LogP contribution in [0.3, 0.4) is 0 Å². The molecule has 4 unspecified atom stereocenters. The van der Waals surface area contributed by atoms with Crippen LogP contribution in [-0.4, -0.2) is 72.0 Å². The van der Waals surface area contributed by atoms with Crippen molar-refractivity contribution < 1.29 is 29.1 Å². The summed E-state index contributed by atoms with van der Waals surface area (Å²) in [6.45, 7) is 15.0. The van der Waals surface area contributed by atoms with E-state index in [9.17, 15) is 19.6 Å². The molecule has 9 heteroatoms. The summed E-state index contributed by atoms with van der Waals surface area (Å²) in [5, 5.41) is 13.4. The van der Waals surface area contributed by atoms with Crippen molar-refractivity contribution in [1.82, 2.24) is 9.80 Å². The molecule has 4 atom stereocenters. The average Bonchev–Trinajstić information content (AvgIpc) is 2.97. The first-order valence-corrected chi connectivity index (χ1v) is 13.1. The predicted octanol–water partition coefficient (Wildman–Crippen LogP) is 5.42. The van der Waals surface area contributed by atoms with Gasteiger partial charge in [0.2, 0.25) is 0 Å². The molecule has 0 aromatic rings. The van der Waals surface area contributed by atoms with Crippen LogP contribution in [0, 0.1) is 0 Å². The van der Waals surface area contributed by atoms with Crippen LogP contribution in [0.2, 0.25) is 0 Å². The van der Waals surface area contributed by atoms with Crippen molar-refractivity contribution in [1.29, 1.82) is 0 Å². The number of hydrogen-bond donors (Lipinski definition) is 1. The van der Waals surface area contributed by atoms with Crippen LogP contribution in [0.25, 0.3) is 0 Å². The first-order valence-electron chi connectivity index (χ1n) is 13.1. The van der Waals surface area contributed by atoms with E-state index in [1.54, 1.807) is 0 Å². The van der Waals surface area contributed by atoms with Crippen LogP contribution in [0.4, 0.5) is 9.59 Å². The second kappa shape index (κ2) is 8.09. The summed E-state index contributed by atoms with van der Waals surface area (Å²) in [5.41, 5.74) is -3.43. The Hall–Kier alpha value is -2.32. The number of nitrogens with zero attached hydrogens (tertiary/aromatic N) is 3. The molecule has 4 aliphatic rings. The number of piperidine rings is 2. The molecule has 202 valence electrons. The minimum atomic E-state index is -0.782. The molecule has 0 radical (unpaired) electrons. The third-order valence-corrected chi connectivity index (χ3v) is 8.46. The normalized spacial score (nSPS) is 37.4. The van der Waals surface area contributed by atoms with E-state index in [1.807, 2.05) is 65.2 Å². The molecule has 1 N–H and O–H groups in total. The molecule has 0 spiro atoms. The summed E-state index contributed by atoms with van der Waals surface area (Å²) < 4.78 is 11.7. The van der Waals surface area contributed by atoms with Crippen LogP contribution in [-0.2, 0) is 14.3 Å². The van der Waals surface area contributed by atoms with Crippen LogP contribution in [0.1, 0.15) is 113 Å². The zero-order valence-corrected chi connectivity index (χ0v) is 23.2. The van der Waals surface area contributed by atoms with E-state index in [-0.39, 0.29) is 12.2 Å². The van der Waals surface area contributed by atoms with Crippen molar-refractivity contribution in [3.63, 3.8) is 0 Å². The second-order valence-corrected chi connectivity index (χ2v) is 14.2. The average molecular weight is 506 g/mol. The summed E-state index contributed by atoms with van der Waals surface area (Å²) in [5.74, 6) is 0.127. The molecule has 0 aromatic heterocycles. The fourth-order valence-corrected chi connectivity index (χ4v) is 7.59. The lowest BCUT2D eigenvalue weighted by molar-refractivity contribution is -0.131. The third-order valence-electron chi connectivity index (χ3n) is 8.46. The molecule has 0 aliphatic carbocycles. The number of Topliss-reactive ketones (excluding diaryl/α,β-unsaturated/α-hetero) is 1. The van der Waals surface area contributed by atoms with E-state index in [2.05, 4.69) is 5.16 Å². The van der Waals surface area contributed by atoms with Crippen molar-refractivity contribution in [3.8, 4) is 0 Å². The summed E-state index contributed by atoms with van der Waals surface area (Å²) in [7, 11) is 0. The van der Waals surface area contributed by atoms with Gasteiger partial charge in [0.1, 0.15) is 17.0 Å². The summed E-state index contributed by atoms with van der Waals surface area (Å²) in [6.07, 6.45) is 3.72. The van der Waals surface area contributed by atoms with Crippen molar-refractivity contribution >= 4 is 23.7 Å². The van der Waals surface area contributed by atoms with Gasteiger partial charge in [0.05, 0.1) is 22.3 Å². The Kier molecular flexibility index (Phi) is 6.01. The van der Waals surface area contributed by atoms with Crippen molar-refractivity contribution in [2.24, 2.45) is 5.16 Å². The van der Waals surface area contributed by atoms with Gasteiger partial charge in [0.25, 0.3) is 0 Å². The Balaban J connectivity index is 1.79. The first kappa shape index (κ1) is 26.7. The lowest BCUT2D eigenvalue weighted by Crippen LogP contribution is -2.68. The number of hydrogen-bond acceptors (Lipinski definition) is 7. The molecular formula is C27H43N3O6. The Morgan fingerprint density at radius 1 is 0.806 bits per heavy atom. The number of fused-ring (bicyclic) bond motifs is 4. The topological polar surface area (TPSA) is 109 Å². The predicted molar refractivity (Wildman–Crippen MR) is 134 cm³/mol. The van der Waals surface area contributed by atoms with Gasteiger partial charge in [-0.25, -0.2) is 9.59 Å². The van der Waals surface area contributed by atoms with Gasteiger partial charge in [0.15, 0.2) is 0 Å². The van der Waals surface area contributed by atoms with E-state index in [0.717, 1.165) is 6.42 Å². The molecular weight excluding hydrogens is 462 g/mol. The van der Waals surface area contributed by atoms with Crippen LogP contribution < -0.4 is 0 Å². The minimum absolute atomic E-state index is 0.127. The number of rotatable bonds is 2. The van der Waals surface area contributed by atoms with E-state index >= 15 is 0 Å². The van der Waals surface area contributed by atoms with Crippen LogP contribution in [0.5, 0.6) is 0 Å². The monoisotopic (exact) mass is 505 g/mol. The van der Waals surface area contributed by atoms with E-state index < -0.39 is 45.5 Å². The quantitative estimate of drug-likeness (QED) is 0.396. The van der Waals surface area contributed by atoms with Crippen molar-refractivity contribution in [3.05, 3.63) is 0 Å². The Bertz CT molecular complexity index is 996. The van der Waals surface area contributed by atoms with Gasteiger partial charge in [-0.05, 0) is 87.5 Å². The number of carbonyl (C=O) groups excluding carboxylic acids is 3. The maximum atomic E-state index is 13.7. The van der Waals surface area contributed by atoms with Gasteiger partial charge in [0, 0.05) is 31.2 Å². The molecule has 4 aliphatic heterocycles. The fraction of sp³-hybridized carbons (Fsp3) is 0.852. The zero-order chi connectivity index (χ0) is 26.9.